The molecule has 2 aromatic rings. The van der Waals surface area contributed by atoms with Crippen LogP contribution in [0.4, 0.5) is 0 Å². The normalized spacial score (nSPS) is 18.7. The van der Waals surface area contributed by atoms with Crippen molar-refractivity contribution in [2.45, 2.75) is 26.4 Å². The first-order chi connectivity index (χ1) is 10.5. The molecule has 118 valence electrons. The van der Waals surface area contributed by atoms with Gasteiger partial charge in [-0.25, -0.2) is 9.97 Å². The number of hydrogen-bond donors (Lipinski definition) is 0. The second-order valence-corrected chi connectivity index (χ2v) is 6.65. The molecule has 0 N–H and O–H groups in total. The van der Waals surface area contributed by atoms with Gasteiger partial charge >= 0.3 is 0 Å². The molecule has 1 amide bonds. The molecular weight excluding hydrogens is 300 g/mol. The molecule has 0 spiro atoms. The van der Waals surface area contributed by atoms with Crippen molar-refractivity contribution in [1.29, 1.82) is 0 Å². The Balaban J connectivity index is 1.67. The minimum Gasteiger partial charge on any atom is -0.367 e. The van der Waals surface area contributed by atoms with Crippen LogP contribution in [-0.2, 0) is 23.0 Å². The maximum atomic E-state index is 12.5. The fourth-order valence-electron chi connectivity index (χ4n) is 2.72. The molecule has 6 nitrogen and oxygen atoms in total. The highest BCUT2D eigenvalue weighted by atomic mass is 32.1. The van der Waals surface area contributed by atoms with E-state index in [1.165, 1.54) is 0 Å². The maximum Gasteiger partial charge on any atom is 0.228 e. The average molecular weight is 320 g/mol. The molecule has 1 saturated heterocycles. The highest BCUT2D eigenvalue weighted by molar-refractivity contribution is 7.09. The number of thiazole rings is 1. The van der Waals surface area contributed by atoms with Crippen LogP contribution in [0.1, 0.15) is 28.3 Å². The number of rotatable bonds is 3. The molecular formula is C15H20N4O2S. The number of imidazole rings is 1. The van der Waals surface area contributed by atoms with E-state index in [2.05, 4.69) is 9.97 Å². The summed E-state index contributed by atoms with van der Waals surface area (Å²) in [6.07, 6.45) is 2.17. The van der Waals surface area contributed by atoms with Crippen LogP contribution in [0.3, 0.4) is 0 Å². The molecule has 3 rings (SSSR count). The number of aryl methyl sites for hydroxylation is 3. The zero-order valence-corrected chi connectivity index (χ0v) is 13.9. The van der Waals surface area contributed by atoms with E-state index >= 15 is 0 Å². The number of carbonyl (C=O) groups excluding carboxylic acids is 1. The van der Waals surface area contributed by atoms with Crippen LogP contribution in [0.15, 0.2) is 11.6 Å². The highest BCUT2D eigenvalue weighted by Crippen LogP contribution is 2.22. The molecule has 1 unspecified atom stereocenters. The zero-order chi connectivity index (χ0) is 15.7. The predicted octanol–water partition coefficient (Wildman–Crippen LogP) is 1.64. The summed E-state index contributed by atoms with van der Waals surface area (Å²) >= 11 is 1.58. The monoisotopic (exact) mass is 320 g/mol. The van der Waals surface area contributed by atoms with E-state index < -0.39 is 0 Å². The molecule has 1 fully saturated rings. The SMILES string of the molecule is Cc1cn(C)c(C2CN(C(=O)Cc3csc(C)n3)CCO2)n1. The summed E-state index contributed by atoms with van der Waals surface area (Å²) in [6.45, 7) is 5.62. The fraction of sp³-hybridized carbons (Fsp3) is 0.533. The van der Waals surface area contributed by atoms with Gasteiger partial charge in [0.1, 0.15) is 11.9 Å². The van der Waals surface area contributed by atoms with Crippen molar-refractivity contribution in [2.24, 2.45) is 7.05 Å². The van der Waals surface area contributed by atoms with E-state index in [1.807, 2.05) is 41.9 Å². The van der Waals surface area contributed by atoms with Crippen molar-refractivity contribution < 1.29 is 9.53 Å². The molecule has 1 atom stereocenters. The molecule has 1 aliphatic heterocycles. The topological polar surface area (TPSA) is 60.2 Å². The minimum absolute atomic E-state index is 0.101. The Bertz CT molecular complexity index is 679. The second-order valence-electron chi connectivity index (χ2n) is 5.59. The Morgan fingerprint density at radius 2 is 2.27 bits per heavy atom. The van der Waals surface area contributed by atoms with Crippen LogP contribution < -0.4 is 0 Å². The average Bonchev–Trinajstić information content (AvgIpc) is 3.04. The van der Waals surface area contributed by atoms with Gasteiger partial charge < -0.3 is 14.2 Å². The molecule has 1 aliphatic rings. The summed E-state index contributed by atoms with van der Waals surface area (Å²) in [5.74, 6) is 0.976. The van der Waals surface area contributed by atoms with Crippen LogP contribution in [0.5, 0.6) is 0 Å². The quantitative estimate of drug-likeness (QED) is 0.862. The molecule has 22 heavy (non-hydrogen) atoms. The first-order valence-corrected chi connectivity index (χ1v) is 8.21. The van der Waals surface area contributed by atoms with Crippen molar-refractivity contribution in [3.63, 3.8) is 0 Å². The van der Waals surface area contributed by atoms with Crippen LogP contribution in [-0.4, -0.2) is 45.0 Å². The predicted molar refractivity (Wildman–Crippen MR) is 83.8 cm³/mol. The Morgan fingerprint density at radius 3 is 2.91 bits per heavy atom. The number of ether oxygens (including phenoxy) is 1. The van der Waals surface area contributed by atoms with Gasteiger partial charge in [-0.05, 0) is 13.8 Å². The molecule has 7 heteroatoms. The van der Waals surface area contributed by atoms with E-state index in [1.54, 1.807) is 11.3 Å². The van der Waals surface area contributed by atoms with Gasteiger partial charge in [-0.2, -0.15) is 0 Å². The summed E-state index contributed by atoms with van der Waals surface area (Å²) in [5, 5.41) is 2.94. The summed E-state index contributed by atoms with van der Waals surface area (Å²) in [4.78, 5) is 23.2. The molecule has 3 heterocycles. The van der Waals surface area contributed by atoms with Gasteiger partial charge in [-0.1, -0.05) is 0 Å². The molecule has 0 aromatic carbocycles. The third kappa shape index (κ3) is 3.20. The first kappa shape index (κ1) is 15.2. The van der Waals surface area contributed by atoms with Crippen molar-refractivity contribution in [3.05, 3.63) is 33.8 Å². The van der Waals surface area contributed by atoms with Crippen LogP contribution in [0.25, 0.3) is 0 Å². The van der Waals surface area contributed by atoms with E-state index in [4.69, 9.17) is 4.74 Å². The minimum atomic E-state index is -0.159. The van der Waals surface area contributed by atoms with Crippen LogP contribution >= 0.6 is 11.3 Å². The third-order valence-corrected chi connectivity index (χ3v) is 4.56. The molecule has 0 saturated carbocycles. The number of hydrogen-bond acceptors (Lipinski definition) is 5. The van der Waals surface area contributed by atoms with Crippen LogP contribution in [0.2, 0.25) is 0 Å². The first-order valence-electron chi connectivity index (χ1n) is 7.33. The third-order valence-electron chi connectivity index (χ3n) is 3.74. The molecule has 0 aliphatic carbocycles. The Hall–Kier alpha value is -1.73. The van der Waals surface area contributed by atoms with Gasteiger partial charge in [0.15, 0.2) is 0 Å². The van der Waals surface area contributed by atoms with E-state index in [9.17, 15) is 4.79 Å². The van der Waals surface area contributed by atoms with Crippen molar-refractivity contribution >= 4 is 17.2 Å². The Kier molecular flexibility index (Phi) is 4.26. The lowest BCUT2D eigenvalue weighted by Crippen LogP contribution is -2.43. The Labute approximate surface area is 133 Å². The number of carbonyl (C=O) groups is 1. The summed E-state index contributed by atoms with van der Waals surface area (Å²) in [5.41, 5.74) is 1.81. The summed E-state index contributed by atoms with van der Waals surface area (Å²) in [7, 11) is 1.96. The van der Waals surface area contributed by atoms with E-state index in [0.717, 1.165) is 22.2 Å². The van der Waals surface area contributed by atoms with E-state index in [-0.39, 0.29) is 12.0 Å². The van der Waals surface area contributed by atoms with Gasteiger partial charge in [0.25, 0.3) is 0 Å². The molecule has 2 aromatic heterocycles. The van der Waals surface area contributed by atoms with Crippen molar-refractivity contribution in [2.75, 3.05) is 19.7 Å². The molecule has 0 radical (unpaired) electrons. The Morgan fingerprint density at radius 1 is 1.45 bits per heavy atom. The largest absolute Gasteiger partial charge is 0.367 e. The lowest BCUT2D eigenvalue weighted by Gasteiger charge is -2.32. The molecule has 0 bridgehead atoms. The number of morpholine rings is 1. The van der Waals surface area contributed by atoms with E-state index in [0.29, 0.717) is 26.1 Å². The van der Waals surface area contributed by atoms with Gasteiger partial charge in [0, 0.05) is 25.2 Å². The summed E-state index contributed by atoms with van der Waals surface area (Å²) < 4.78 is 7.77. The lowest BCUT2D eigenvalue weighted by atomic mass is 10.2. The van der Waals surface area contributed by atoms with Crippen molar-refractivity contribution in [3.8, 4) is 0 Å². The smallest absolute Gasteiger partial charge is 0.228 e. The maximum absolute atomic E-state index is 12.5. The lowest BCUT2D eigenvalue weighted by molar-refractivity contribution is -0.138. The number of nitrogens with zero attached hydrogens (tertiary/aromatic N) is 4. The van der Waals surface area contributed by atoms with Crippen molar-refractivity contribution in [1.82, 2.24) is 19.4 Å². The van der Waals surface area contributed by atoms with Gasteiger partial charge in [0.2, 0.25) is 5.91 Å². The van der Waals surface area contributed by atoms with Crippen LogP contribution in [0, 0.1) is 13.8 Å². The van der Waals surface area contributed by atoms with Gasteiger partial charge in [-0.3, -0.25) is 4.79 Å². The standard InChI is InChI=1S/C15H20N4O2S/c1-10-7-18(3)15(16-10)13-8-19(4-5-21-13)14(20)6-12-9-22-11(2)17-12/h7,9,13H,4-6,8H2,1-3H3. The number of aromatic nitrogens is 3. The number of amides is 1. The van der Waals surface area contributed by atoms with Gasteiger partial charge in [-0.15, -0.1) is 11.3 Å². The fourth-order valence-corrected chi connectivity index (χ4v) is 3.33. The summed E-state index contributed by atoms with van der Waals surface area (Å²) in [6, 6.07) is 0. The second kappa shape index (κ2) is 6.18. The highest BCUT2D eigenvalue weighted by Gasteiger charge is 2.28. The zero-order valence-electron chi connectivity index (χ0n) is 13.1. The van der Waals surface area contributed by atoms with Gasteiger partial charge in [0.05, 0.1) is 36.0 Å².